The Hall–Kier alpha value is -0.0800. The average molecular weight is 252 g/mol. The summed E-state index contributed by atoms with van der Waals surface area (Å²) in [7, 11) is 0. The number of rotatable bonds is 5. The molecule has 0 bridgehead atoms. The zero-order chi connectivity index (χ0) is 13.3. The fourth-order valence-corrected chi connectivity index (χ4v) is 3.39. The first-order valence-electron chi connectivity index (χ1n) is 8.03. The predicted molar refractivity (Wildman–Crippen MR) is 78.8 cm³/mol. The van der Waals surface area contributed by atoms with Gasteiger partial charge in [-0.25, -0.2) is 0 Å². The molecule has 2 rings (SSSR count). The molecule has 18 heavy (non-hydrogen) atoms. The predicted octanol–water partition coefficient (Wildman–Crippen LogP) is 3.13. The van der Waals surface area contributed by atoms with Crippen LogP contribution in [-0.4, -0.2) is 36.1 Å². The third-order valence-electron chi connectivity index (χ3n) is 5.37. The van der Waals surface area contributed by atoms with Crippen molar-refractivity contribution >= 4 is 0 Å². The van der Waals surface area contributed by atoms with Crippen molar-refractivity contribution in [2.45, 2.75) is 72.0 Å². The van der Waals surface area contributed by atoms with Crippen LogP contribution < -0.4 is 5.32 Å². The first-order chi connectivity index (χ1) is 8.54. The minimum Gasteiger partial charge on any atom is -0.311 e. The van der Waals surface area contributed by atoms with Crippen LogP contribution in [0.5, 0.6) is 0 Å². The molecular weight excluding hydrogens is 220 g/mol. The number of hydrogen-bond donors (Lipinski definition) is 1. The largest absolute Gasteiger partial charge is 0.311 e. The zero-order valence-corrected chi connectivity index (χ0v) is 12.9. The van der Waals surface area contributed by atoms with Crippen LogP contribution in [0.4, 0.5) is 0 Å². The standard InChI is InChI=1S/C16H32N2/c1-6-12(4)13(5)18-10-15(14-7-8-14)17-9-16(18)11(2)3/h11-17H,6-10H2,1-5H3. The lowest BCUT2D eigenvalue weighted by molar-refractivity contribution is 0.0357. The van der Waals surface area contributed by atoms with Crippen LogP contribution in [-0.2, 0) is 0 Å². The summed E-state index contributed by atoms with van der Waals surface area (Å²) >= 11 is 0. The fourth-order valence-electron chi connectivity index (χ4n) is 3.39. The van der Waals surface area contributed by atoms with Crippen molar-refractivity contribution in [3.63, 3.8) is 0 Å². The molecule has 1 aliphatic carbocycles. The molecule has 2 fully saturated rings. The van der Waals surface area contributed by atoms with Gasteiger partial charge in [-0.05, 0) is 37.5 Å². The van der Waals surface area contributed by atoms with E-state index in [0.717, 1.165) is 35.9 Å². The summed E-state index contributed by atoms with van der Waals surface area (Å²) in [6.07, 6.45) is 4.20. The minimum atomic E-state index is 0.726. The molecule has 1 N–H and O–H groups in total. The SMILES string of the molecule is CCC(C)C(C)N1CC(C2CC2)NCC1C(C)C. The summed E-state index contributed by atoms with van der Waals surface area (Å²) in [5.41, 5.74) is 0. The lowest BCUT2D eigenvalue weighted by Gasteiger charge is -2.47. The van der Waals surface area contributed by atoms with E-state index in [4.69, 9.17) is 0 Å². The average Bonchev–Trinajstić information content (AvgIpc) is 3.20. The first kappa shape index (κ1) is 14.3. The van der Waals surface area contributed by atoms with E-state index in [1.165, 1.54) is 32.4 Å². The summed E-state index contributed by atoms with van der Waals surface area (Å²) < 4.78 is 0. The quantitative estimate of drug-likeness (QED) is 0.809. The second-order valence-corrected chi connectivity index (χ2v) is 6.99. The van der Waals surface area contributed by atoms with Crippen LogP contribution in [0.1, 0.15) is 53.9 Å². The van der Waals surface area contributed by atoms with Gasteiger partial charge < -0.3 is 5.32 Å². The highest BCUT2D eigenvalue weighted by molar-refractivity contribution is 4.97. The summed E-state index contributed by atoms with van der Waals surface area (Å²) in [5.74, 6) is 2.54. The van der Waals surface area contributed by atoms with Gasteiger partial charge in [0, 0.05) is 31.2 Å². The summed E-state index contributed by atoms with van der Waals surface area (Å²) in [6, 6.07) is 2.22. The van der Waals surface area contributed by atoms with Gasteiger partial charge >= 0.3 is 0 Å². The van der Waals surface area contributed by atoms with E-state index in [1.54, 1.807) is 0 Å². The van der Waals surface area contributed by atoms with Crippen LogP contribution in [0.15, 0.2) is 0 Å². The Morgan fingerprint density at radius 1 is 1.17 bits per heavy atom. The van der Waals surface area contributed by atoms with Crippen molar-refractivity contribution in [2.75, 3.05) is 13.1 Å². The normalized spacial score (nSPS) is 33.7. The summed E-state index contributed by atoms with van der Waals surface area (Å²) in [4.78, 5) is 2.82. The van der Waals surface area contributed by atoms with Crippen LogP contribution in [0, 0.1) is 17.8 Å². The number of nitrogens with zero attached hydrogens (tertiary/aromatic N) is 1. The smallest absolute Gasteiger partial charge is 0.0247 e. The molecule has 0 aromatic carbocycles. The Kier molecular flexibility index (Phi) is 4.71. The highest BCUT2D eigenvalue weighted by atomic mass is 15.3. The first-order valence-corrected chi connectivity index (χ1v) is 8.03. The topological polar surface area (TPSA) is 15.3 Å². The van der Waals surface area contributed by atoms with Gasteiger partial charge in [-0.3, -0.25) is 4.90 Å². The Labute approximate surface area is 114 Å². The van der Waals surface area contributed by atoms with E-state index >= 15 is 0 Å². The van der Waals surface area contributed by atoms with Crippen molar-refractivity contribution in [3.05, 3.63) is 0 Å². The van der Waals surface area contributed by atoms with E-state index in [9.17, 15) is 0 Å². The molecule has 0 aromatic heterocycles. The van der Waals surface area contributed by atoms with E-state index < -0.39 is 0 Å². The van der Waals surface area contributed by atoms with Crippen LogP contribution in [0.3, 0.4) is 0 Å². The van der Waals surface area contributed by atoms with E-state index in [1.807, 2.05) is 0 Å². The molecule has 4 unspecified atom stereocenters. The molecule has 0 aromatic rings. The molecule has 2 heteroatoms. The monoisotopic (exact) mass is 252 g/mol. The summed E-state index contributed by atoms with van der Waals surface area (Å²) in [6.45, 7) is 14.4. The van der Waals surface area contributed by atoms with Crippen LogP contribution >= 0.6 is 0 Å². The molecule has 2 nitrogen and oxygen atoms in total. The third kappa shape index (κ3) is 3.08. The molecule has 1 heterocycles. The third-order valence-corrected chi connectivity index (χ3v) is 5.37. The molecule has 1 saturated carbocycles. The molecular formula is C16H32N2. The van der Waals surface area contributed by atoms with Crippen LogP contribution in [0.25, 0.3) is 0 Å². The second-order valence-electron chi connectivity index (χ2n) is 6.99. The molecule has 0 spiro atoms. The van der Waals surface area contributed by atoms with Gasteiger partial charge in [0.2, 0.25) is 0 Å². The fraction of sp³-hybridized carbons (Fsp3) is 1.00. The molecule has 4 atom stereocenters. The van der Waals surface area contributed by atoms with E-state index in [-0.39, 0.29) is 0 Å². The van der Waals surface area contributed by atoms with Crippen molar-refractivity contribution in [1.82, 2.24) is 10.2 Å². The lowest BCUT2D eigenvalue weighted by atomic mass is 9.91. The van der Waals surface area contributed by atoms with Crippen molar-refractivity contribution in [2.24, 2.45) is 17.8 Å². The zero-order valence-electron chi connectivity index (χ0n) is 12.9. The summed E-state index contributed by atoms with van der Waals surface area (Å²) in [5, 5.41) is 3.81. The molecule has 0 amide bonds. The number of piperazine rings is 1. The second kappa shape index (κ2) is 5.92. The Balaban J connectivity index is 2.03. The van der Waals surface area contributed by atoms with Gasteiger partial charge in [0.25, 0.3) is 0 Å². The Bertz CT molecular complexity index is 260. The van der Waals surface area contributed by atoms with Gasteiger partial charge in [0.1, 0.15) is 0 Å². The molecule has 0 radical (unpaired) electrons. The molecule has 1 saturated heterocycles. The highest BCUT2D eigenvalue weighted by Gasteiger charge is 2.39. The molecule has 106 valence electrons. The van der Waals surface area contributed by atoms with Crippen molar-refractivity contribution < 1.29 is 0 Å². The van der Waals surface area contributed by atoms with E-state index in [2.05, 4.69) is 44.8 Å². The molecule has 1 aliphatic heterocycles. The minimum absolute atomic E-state index is 0.726. The van der Waals surface area contributed by atoms with Crippen molar-refractivity contribution in [3.8, 4) is 0 Å². The van der Waals surface area contributed by atoms with Crippen molar-refractivity contribution in [1.29, 1.82) is 0 Å². The molecule has 2 aliphatic rings. The van der Waals surface area contributed by atoms with Gasteiger partial charge in [-0.1, -0.05) is 34.1 Å². The lowest BCUT2D eigenvalue weighted by Crippen LogP contribution is -2.62. The number of nitrogens with one attached hydrogen (secondary N) is 1. The van der Waals surface area contributed by atoms with Gasteiger partial charge in [-0.2, -0.15) is 0 Å². The Morgan fingerprint density at radius 2 is 1.83 bits per heavy atom. The maximum atomic E-state index is 3.81. The van der Waals surface area contributed by atoms with Crippen LogP contribution in [0.2, 0.25) is 0 Å². The maximum Gasteiger partial charge on any atom is 0.0247 e. The number of hydrogen-bond acceptors (Lipinski definition) is 2. The van der Waals surface area contributed by atoms with Gasteiger partial charge in [0.15, 0.2) is 0 Å². The maximum absolute atomic E-state index is 3.81. The Morgan fingerprint density at radius 3 is 2.33 bits per heavy atom. The van der Waals surface area contributed by atoms with Gasteiger partial charge in [0.05, 0.1) is 0 Å². The van der Waals surface area contributed by atoms with Gasteiger partial charge in [-0.15, -0.1) is 0 Å². The highest BCUT2D eigenvalue weighted by Crippen LogP contribution is 2.35. The van der Waals surface area contributed by atoms with E-state index in [0.29, 0.717) is 0 Å².